The molecular formula is C19H16ClN3O4S. The normalized spacial score (nSPS) is 16.4. The zero-order valence-electron chi connectivity index (χ0n) is 14.7. The van der Waals surface area contributed by atoms with Gasteiger partial charge in [-0.3, -0.25) is 19.8 Å². The molecule has 1 saturated heterocycles. The number of carbonyl (C=O) groups is 1. The molecule has 0 aliphatic carbocycles. The molecule has 28 heavy (non-hydrogen) atoms. The number of nitro groups is 1. The number of aromatic nitrogens is 1. The van der Waals surface area contributed by atoms with Crippen molar-refractivity contribution in [3.05, 3.63) is 63.2 Å². The number of thiazole rings is 1. The maximum Gasteiger partial charge on any atom is 0.270 e. The van der Waals surface area contributed by atoms with Crippen LogP contribution in [-0.4, -0.2) is 35.1 Å². The number of amides is 1. The number of non-ortho nitro benzene ring substituents is 1. The van der Waals surface area contributed by atoms with Gasteiger partial charge in [0.05, 0.1) is 38.4 Å². The highest BCUT2D eigenvalue weighted by atomic mass is 35.5. The summed E-state index contributed by atoms with van der Waals surface area (Å²) >= 11 is 7.59. The summed E-state index contributed by atoms with van der Waals surface area (Å²) < 4.78 is 6.65. The maximum absolute atomic E-state index is 13.3. The molecule has 144 valence electrons. The number of fused-ring (bicyclic) bond motifs is 1. The molecule has 1 atom stereocenters. The molecule has 7 nitrogen and oxygen atoms in total. The van der Waals surface area contributed by atoms with Crippen LogP contribution in [0.15, 0.2) is 42.5 Å². The van der Waals surface area contributed by atoms with Crippen LogP contribution in [0.5, 0.6) is 0 Å². The highest BCUT2D eigenvalue weighted by molar-refractivity contribution is 7.22. The molecule has 0 radical (unpaired) electrons. The van der Waals surface area contributed by atoms with E-state index in [-0.39, 0.29) is 22.4 Å². The largest absolute Gasteiger partial charge is 0.376 e. The van der Waals surface area contributed by atoms with Crippen molar-refractivity contribution in [2.24, 2.45) is 0 Å². The van der Waals surface area contributed by atoms with E-state index < -0.39 is 10.8 Å². The summed E-state index contributed by atoms with van der Waals surface area (Å²) in [6.45, 7) is 0.974. The number of anilines is 1. The maximum atomic E-state index is 13.3. The number of nitrogens with zero attached hydrogens (tertiary/aromatic N) is 3. The molecule has 1 aromatic heterocycles. The fourth-order valence-electron chi connectivity index (χ4n) is 3.15. The van der Waals surface area contributed by atoms with Crippen molar-refractivity contribution in [2.45, 2.75) is 18.9 Å². The van der Waals surface area contributed by atoms with E-state index in [1.54, 1.807) is 0 Å². The lowest BCUT2D eigenvalue weighted by atomic mass is 10.1. The van der Waals surface area contributed by atoms with Gasteiger partial charge >= 0.3 is 0 Å². The van der Waals surface area contributed by atoms with Crippen LogP contribution in [0.2, 0.25) is 5.02 Å². The van der Waals surface area contributed by atoms with Crippen molar-refractivity contribution in [3.8, 4) is 0 Å². The predicted molar refractivity (Wildman–Crippen MR) is 108 cm³/mol. The number of hydrogen-bond donors (Lipinski definition) is 0. The Morgan fingerprint density at radius 2 is 2.18 bits per heavy atom. The Labute approximate surface area is 169 Å². The molecule has 1 aliphatic heterocycles. The van der Waals surface area contributed by atoms with Crippen molar-refractivity contribution in [1.29, 1.82) is 0 Å². The van der Waals surface area contributed by atoms with Crippen molar-refractivity contribution in [3.63, 3.8) is 0 Å². The van der Waals surface area contributed by atoms with Crippen LogP contribution in [0.25, 0.3) is 10.2 Å². The standard InChI is InChI=1S/C19H16ClN3O4S/c20-15-8-7-12(23(25)26)10-14(15)18(24)22(11-13-4-3-9-27-13)19-21-16-5-1-2-6-17(16)28-19/h1-2,5-8,10,13H,3-4,9,11H2. The Hall–Kier alpha value is -2.55. The van der Waals surface area contributed by atoms with E-state index in [9.17, 15) is 14.9 Å². The lowest BCUT2D eigenvalue weighted by Gasteiger charge is -2.23. The van der Waals surface area contributed by atoms with Crippen LogP contribution in [0.4, 0.5) is 10.8 Å². The van der Waals surface area contributed by atoms with E-state index in [1.165, 1.54) is 34.4 Å². The minimum atomic E-state index is -0.546. The van der Waals surface area contributed by atoms with Crippen molar-refractivity contribution in [1.82, 2.24) is 4.98 Å². The quantitative estimate of drug-likeness (QED) is 0.444. The summed E-state index contributed by atoms with van der Waals surface area (Å²) in [7, 11) is 0. The molecule has 0 spiro atoms. The summed E-state index contributed by atoms with van der Waals surface area (Å²) in [6, 6.07) is 11.5. The minimum absolute atomic E-state index is 0.0770. The zero-order valence-corrected chi connectivity index (χ0v) is 16.3. The third-order valence-corrected chi connectivity index (χ3v) is 5.95. The van der Waals surface area contributed by atoms with Gasteiger partial charge in [-0.05, 0) is 31.0 Å². The van der Waals surface area contributed by atoms with Gasteiger partial charge in [0, 0.05) is 18.7 Å². The molecule has 0 saturated carbocycles. The molecule has 1 unspecified atom stereocenters. The third-order valence-electron chi connectivity index (χ3n) is 4.56. The van der Waals surface area contributed by atoms with Gasteiger partial charge < -0.3 is 4.74 Å². The molecule has 0 bridgehead atoms. The molecule has 1 aliphatic rings. The molecule has 1 fully saturated rings. The summed E-state index contributed by atoms with van der Waals surface area (Å²) in [5.41, 5.74) is 0.681. The lowest BCUT2D eigenvalue weighted by molar-refractivity contribution is -0.384. The fraction of sp³-hybridized carbons (Fsp3) is 0.263. The Kier molecular flexibility index (Phi) is 5.25. The molecule has 2 heterocycles. The second-order valence-electron chi connectivity index (χ2n) is 6.44. The summed E-state index contributed by atoms with van der Waals surface area (Å²) in [6.07, 6.45) is 1.68. The molecule has 2 aromatic carbocycles. The van der Waals surface area contributed by atoms with Crippen LogP contribution in [0.3, 0.4) is 0 Å². The number of ether oxygens (including phenoxy) is 1. The zero-order chi connectivity index (χ0) is 19.7. The first-order valence-electron chi connectivity index (χ1n) is 8.76. The van der Waals surface area contributed by atoms with E-state index in [1.807, 2.05) is 24.3 Å². The van der Waals surface area contributed by atoms with Crippen molar-refractivity contribution < 1.29 is 14.5 Å². The minimum Gasteiger partial charge on any atom is -0.376 e. The topological polar surface area (TPSA) is 85.6 Å². The van der Waals surface area contributed by atoms with Gasteiger partial charge in [-0.25, -0.2) is 4.98 Å². The molecular weight excluding hydrogens is 402 g/mol. The Bertz CT molecular complexity index is 1020. The van der Waals surface area contributed by atoms with E-state index in [4.69, 9.17) is 16.3 Å². The second-order valence-corrected chi connectivity index (χ2v) is 7.85. The monoisotopic (exact) mass is 417 g/mol. The van der Waals surface area contributed by atoms with E-state index in [2.05, 4.69) is 4.98 Å². The van der Waals surface area contributed by atoms with Gasteiger partial charge in [0.1, 0.15) is 0 Å². The van der Waals surface area contributed by atoms with Gasteiger partial charge in [-0.15, -0.1) is 0 Å². The first kappa shape index (κ1) is 18.8. The number of benzene rings is 2. The summed E-state index contributed by atoms with van der Waals surface area (Å²) in [4.78, 5) is 30.0. The Morgan fingerprint density at radius 3 is 2.89 bits per heavy atom. The summed E-state index contributed by atoms with van der Waals surface area (Å²) in [5, 5.41) is 11.8. The number of halogens is 1. The highest BCUT2D eigenvalue weighted by Crippen LogP contribution is 2.32. The predicted octanol–water partition coefficient (Wildman–Crippen LogP) is 4.68. The smallest absolute Gasteiger partial charge is 0.270 e. The summed E-state index contributed by atoms with van der Waals surface area (Å²) in [5.74, 6) is -0.428. The van der Waals surface area contributed by atoms with E-state index >= 15 is 0 Å². The third kappa shape index (κ3) is 3.71. The van der Waals surface area contributed by atoms with Crippen molar-refractivity contribution in [2.75, 3.05) is 18.1 Å². The lowest BCUT2D eigenvalue weighted by Crippen LogP contribution is -2.37. The Morgan fingerprint density at radius 1 is 1.36 bits per heavy atom. The van der Waals surface area contributed by atoms with E-state index in [0.29, 0.717) is 18.3 Å². The van der Waals surface area contributed by atoms with E-state index in [0.717, 1.165) is 23.1 Å². The average Bonchev–Trinajstić information content (AvgIpc) is 3.35. The van der Waals surface area contributed by atoms with Crippen molar-refractivity contribution >= 4 is 49.9 Å². The molecule has 4 rings (SSSR count). The number of hydrogen-bond acceptors (Lipinski definition) is 6. The molecule has 9 heteroatoms. The highest BCUT2D eigenvalue weighted by Gasteiger charge is 2.29. The van der Waals surface area contributed by atoms with Crippen LogP contribution in [0, 0.1) is 10.1 Å². The Balaban J connectivity index is 1.75. The number of nitro benzene ring substituents is 1. The van der Waals surface area contributed by atoms with Crippen LogP contribution in [0.1, 0.15) is 23.2 Å². The fourth-order valence-corrected chi connectivity index (χ4v) is 4.32. The van der Waals surface area contributed by atoms with Gasteiger partial charge in [-0.2, -0.15) is 0 Å². The van der Waals surface area contributed by atoms with Crippen LogP contribution < -0.4 is 4.90 Å². The van der Waals surface area contributed by atoms with Crippen LogP contribution >= 0.6 is 22.9 Å². The molecule has 0 N–H and O–H groups in total. The second kappa shape index (κ2) is 7.83. The van der Waals surface area contributed by atoms with Crippen LogP contribution in [-0.2, 0) is 4.74 Å². The van der Waals surface area contributed by atoms with Gasteiger partial charge in [0.25, 0.3) is 11.6 Å². The van der Waals surface area contributed by atoms with Gasteiger partial charge in [0.2, 0.25) is 0 Å². The van der Waals surface area contributed by atoms with Gasteiger partial charge in [0.15, 0.2) is 5.13 Å². The van der Waals surface area contributed by atoms with Gasteiger partial charge in [-0.1, -0.05) is 35.1 Å². The first-order chi connectivity index (χ1) is 13.5. The number of rotatable bonds is 5. The first-order valence-corrected chi connectivity index (χ1v) is 9.95. The SMILES string of the molecule is O=C(c1cc([N+](=O)[O-])ccc1Cl)N(CC1CCCO1)c1nc2ccccc2s1. The molecule has 3 aromatic rings. The number of carbonyl (C=O) groups excluding carboxylic acids is 1. The number of para-hydroxylation sites is 1. The molecule has 1 amide bonds. The average molecular weight is 418 g/mol.